The van der Waals surface area contributed by atoms with Crippen molar-refractivity contribution < 1.29 is 0 Å². The molecule has 0 saturated heterocycles. The van der Waals surface area contributed by atoms with Crippen LogP contribution in [0.5, 0.6) is 0 Å². The van der Waals surface area contributed by atoms with Gasteiger partial charge in [0.15, 0.2) is 0 Å². The van der Waals surface area contributed by atoms with Crippen LogP contribution in [0.15, 0.2) is 22.8 Å². The summed E-state index contributed by atoms with van der Waals surface area (Å²) in [6.07, 6.45) is 2.92. The molecule has 5 nitrogen and oxygen atoms in total. The lowest BCUT2D eigenvalue weighted by atomic mass is 10.7. The predicted molar refractivity (Wildman–Crippen MR) is 31.7 cm³/mol. The van der Waals surface area contributed by atoms with Gasteiger partial charge in [-0.1, -0.05) is 16.8 Å². The average Bonchev–Trinajstić information content (AvgIpc) is 2.17. The number of hydrogen-bond acceptors (Lipinski definition) is 3. The molecule has 0 amide bonds. The first kappa shape index (κ1) is 6.03. The summed E-state index contributed by atoms with van der Waals surface area (Å²) >= 11 is 5.47. The van der Waals surface area contributed by atoms with E-state index in [-0.39, 0.29) is 0 Å². The lowest BCUT2D eigenvalue weighted by Gasteiger charge is -1.80. The smallest absolute Gasteiger partial charge is 0.0809 e. The van der Waals surface area contributed by atoms with E-state index in [1.165, 1.54) is 17.2 Å². The zero-order valence-electron chi connectivity index (χ0n) is 4.40. The fraction of sp³-hybridized carbons (Fsp3) is 0. The van der Waals surface area contributed by atoms with Gasteiger partial charge in [0, 0.05) is 0 Å². The van der Waals surface area contributed by atoms with Crippen molar-refractivity contribution in [2.75, 3.05) is 0 Å². The van der Waals surface area contributed by atoms with E-state index in [1.807, 2.05) is 0 Å². The lowest BCUT2D eigenvalue weighted by Crippen LogP contribution is -1.87. The fourth-order valence-corrected chi connectivity index (χ4v) is 0.524. The number of halogens is 1. The Balaban J connectivity index is 2.85. The van der Waals surface area contributed by atoms with Gasteiger partial charge >= 0.3 is 0 Å². The molecule has 1 heterocycles. The minimum atomic E-state index is 0.502. The molecular formula is C3H4ClN5. The van der Waals surface area contributed by atoms with Gasteiger partial charge in [-0.25, -0.2) is 0 Å². The van der Waals surface area contributed by atoms with E-state index in [4.69, 9.17) is 17.4 Å². The third-order valence-electron chi connectivity index (χ3n) is 0.681. The van der Waals surface area contributed by atoms with Crippen molar-refractivity contribution in [1.82, 2.24) is 9.89 Å². The molecule has 1 aromatic rings. The Hall–Kier alpha value is -1.10. The molecule has 48 valence electrons. The Morgan fingerprint density at radius 1 is 1.78 bits per heavy atom. The molecule has 6 heteroatoms. The van der Waals surface area contributed by atoms with Gasteiger partial charge < -0.3 is 5.84 Å². The van der Waals surface area contributed by atoms with E-state index >= 15 is 0 Å². The monoisotopic (exact) mass is 145 g/mol. The highest BCUT2D eigenvalue weighted by molar-refractivity contribution is 6.30. The van der Waals surface area contributed by atoms with E-state index in [1.54, 1.807) is 0 Å². The second kappa shape index (κ2) is 2.45. The van der Waals surface area contributed by atoms with Crippen molar-refractivity contribution in [3.63, 3.8) is 0 Å². The van der Waals surface area contributed by atoms with Crippen molar-refractivity contribution in [2.45, 2.75) is 0 Å². The summed E-state index contributed by atoms with van der Waals surface area (Å²) < 4.78 is 0. The summed E-state index contributed by atoms with van der Waals surface area (Å²) in [5.41, 5.74) is 0. The van der Waals surface area contributed by atoms with Gasteiger partial charge in [0.25, 0.3) is 0 Å². The van der Waals surface area contributed by atoms with Crippen LogP contribution in [0.1, 0.15) is 0 Å². The molecule has 0 unspecified atom stereocenters. The summed E-state index contributed by atoms with van der Waals surface area (Å²) in [5, 5.41) is 10.5. The first-order valence-electron chi connectivity index (χ1n) is 2.14. The molecule has 0 atom stereocenters. The molecule has 0 saturated carbocycles. The van der Waals surface area contributed by atoms with Crippen LogP contribution in [-0.2, 0) is 0 Å². The van der Waals surface area contributed by atoms with E-state index < -0.39 is 0 Å². The second-order valence-electron chi connectivity index (χ2n) is 1.28. The Bertz CT molecular complexity index is 216. The van der Waals surface area contributed by atoms with Crippen LogP contribution in [0.3, 0.4) is 0 Å². The van der Waals surface area contributed by atoms with Crippen molar-refractivity contribution in [1.29, 1.82) is 0 Å². The van der Waals surface area contributed by atoms with Crippen LogP contribution < -0.4 is 5.84 Å². The number of rotatable bonds is 1. The molecule has 0 fully saturated rings. The lowest BCUT2D eigenvalue weighted by molar-refractivity contribution is 0.671. The van der Waals surface area contributed by atoms with Gasteiger partial charge in [-0.2, -0.15) is 5.10 Å². The molecule has 0 aromatic carbocycles. The maximum atomic E-state index is 5.47. The van der Waals surface area contributed by atoms with Gasteiger partial charge in [0.05, 0.1) is 17.4 Å². The largest absolute Gasteiger partial charge is 0.303 e. The van der Waals surface area contributed by atoms with Gasteiger partial charge in [-0.15, -0.1) is 4.79 Å². The Morgan fingerprint density at radius 3 is 3.00 bits per heavy atom. The number of aromatic nitrogens is 2. The molecule has 0 aliphatic rings. The van der Waals surface area contributed by atoms with Gasteiger partial charge in [0.1, 0.15) is 0 Å². The first-order chi connectivity index (χ1) is 4.33. The SMILES string of the molecule is N/N=N/n1cc(Cl)cn1. The van der Waals surface area contributed by atoms with E-state index in [2.05, 4.69) is 15.5 Å². The van der Waals surface area contributed by atoms with Crippen molar-refractivity contribution in [2.24, 2.45) is 16.3 Å². The minimum absolute atomic E-state index is 0.502. The third-order valence-corrected chi connectivity index (χ3v) is 0.877. The van der Waals surface area contributed by atoms with Crippen molar-refractivity contribution in [3.8, 4) is 0 Å². The summed E-state index contributed by atoms with van der Waals surface area (Å²) in [6, 6.07) is 0. The van der Waals surface area contributed by atoms with Gasteiger partial charge in [-0.05, 0) is 5.22 Å². The quantitative estimate of drug-likeness (QED) is 0.358. The maximum Gasteiger partial charge on any atom is 0.0809 e. The maximum absolute atomic E-state index is 5.47. The zero-order chi connectivity index (χ0) is 6.69. The topological polar surface area (TPSA) is 68.6 Å². The van der Waals surface area contributed by atoms with E-state index in [0.717, 1.165) is 0 Å². The fourth-order valence-electron chi connectivity index (χ4n) is 0.393. The van der Waals surface area contributed by atoms with Crippen molar-refractivity contribution in [3.05, 3.63) is 17.4 Å². The summed E-state index contributed by atoms with van der Waals surface area (Å²) in [5.74, 6) is 4.72. The predicted octanol–water partition coefficient (Wildman–Crippen LogP) is 0.625. The minimum Gasteiger partial charge on any atom is -0.303 e. The highest BCUT2D eigenvalue weighted by atomic mass is 35.5. The molecule has 0 bridgehead atoms. The summed E-state index contributed by atoms with van der Waals surface area (Å²) in [7, 11) is 0. The van der Waals surface area contributed by atoms with Crippen LogP contribution in [0.25, 0.3) is 0 Å². The molecule has 1 aromatic heterocycles. The van der Waals surface area contributed by atoms with Gasteiger partial charge in [0.2, 0.25) is 0 Å². The van der Waals surface area contributed by atoms with Crippen LogP contribution in [0.4, 0.5) is 0 Å². The molecule has 0 radical (unpaired) electrons. The molecule has 0 aliphatic heterocycles. The van der Waals surface area contributed by atoms with Crippen LogP contribution in [0.2, 0.25) is 5.02 Å². The number of hydrogen-bond donors (Lipinski definition) is 1. The molecule has 0 aliphatic carbocycles. The Morgan fingerprint density at radius 2 is 2.56 bits per heavy atom. The van der Waals surface area contributed by atoms with E-state index in [0.29, 0.717) is 5.02 Å². The molecule has 9 heavy (non-hydrogen) atoms. The van der Waals surface area contributed by atoms with Crippen LogP contribution >= 0.6 is 11.6 Å². The summed E-state index contributed by atoms with van der Waals surface area (Å²) in [6.45, 7) is 0. The zero-order valence-corrected chi connectivity index (χ0v) is 5.15. The molecular weight excluding hydrogens is 142 g/mol. The Labute approximate surface area is 56.1 Å². The molecule has 1 rings (SSSR count). The van der Waals surface area contributed by atoms with Crippen LogP contribution in [0, 0.1) is 0 Å². The van der Waals surface area contributed by atoms with Gasteiger partial charge in [-0.3, -0.25) is 0 Å². The summed E-state index contributed by atoms with van der Waals surface area (Å²) in [4.78, 5) is 1.17. The highest BCUT2D eigenvalue weighted by Crippen LogP contribution is 2.03. The second-order valence-corrected chi connectivity index (χ2v) is 1.72. The average molecular weight is 146 g/mol. The molecule has 0 spiro atoms. The van der Waals surface area contributed by atoms with Crippen LogP contribution in [-0.4, -0.2) is 9.89 Å². The third kappa shape index (κ3) is 1.39. The normalized spacial score (nSPS) is 10.8. The highest BCUT2D eigenvalue weighted by Gasteiger charge is 1.89. The first-order valence-corrected chi connectivity index (χ1v) is 2.52. The van der Waals surface area contributed by atoms with E-state index in [9.17, 15) is 0 Å². The molecule has 2 N–H and O–H groups in total. The number of nitrogens with two attached hydrogens (primary N) is 1. The standard InChI is InChI=1S/C3H4ClN5/c4-3-1-6-9(2-3)8-7-5/h1-2H,(H2,5,8). The number of nitrogens with zero attached hydrogens (tertiary/aromatic N) is 4. The Kier molecular flexibility index (Phi) is 1.64. The van der Waals surface area contributed by atoms with Crippen molar-refractivity contribution >= 4 is 11.6 Å².